The number of carbonyl (C=O) groups is 1. The summed E-state index contributed by atoms with van der Waals surface area (Å²) < 4.78 is 0. The summed E-state index contributed by atoms with van der Waals surface area (Å²) in [5.74, 6) is -0.338. The normalized spacial score (nSPS) is 13.9. The Balaban J connectivity index is 2.87. The summed E-state index contributed by atoms with van der Waals surface area (Å²) >= 11 is 0. The van der Waals surface area contributed by atoms with Gasteiger partial charge in [0.2, 0.25) is 0 Å². The third kappa shape index (κ3) is 4.16. The minimum atomic E-state index is -0.987. The van der Waals surface area contributed by atoms with E-state index in [0.29, 0.717) is 17.6 Å². The Kier molecular flexibility index (Phi) is 5.21. The van der Waals surface area contributed by atoms with E-state index in [4.69, 9.17) is 10.8 Å². The fourth-order valence-corrected chi connectivity index (χ4v) is 2.17. The number of hydrogen-bond acceptors (Lipinski definition) is 3. The smallest absolute Gasteiger partial charge is 0.337 e. The van der Waals surface area contributed by atoms with Crippen LogP contribution in [0.25, 0.3) is 0 Å². The van der Waals surface area contributed by atoms with E-state index in [-0.39, 0.29) is 5.56 Å². The molecule has 0 saturated carbocycles. The Bertz CT molecular complexity index is 458. The number of rotatable bonds is 6. The molecule has 0 spiro atoms. The van der Waals surface area contributed by atoms with E-state index in [2.05, 4.69) is 26.1 Å². The Morgan fingerprint density at radius 1 is 1.42 bits per heavy atom. The quantitative estimate of drug-likeness (QED) is 0.687. The van der Waals surface area contributed by atoms with E-state index >= 15 is 0 Å². The van der Waals surface area contributed by atoms with Crippen molar-refractivity contribution in [2.24, 2.45) is 5.92 Å². The van der Waals surface area contributed by atoms with Crippen LogP contribution in [-0.4, -0.2) is 17.1 Å². The highest BCUT2D eigenvalue weighted by molar-refractivity contribution is 5.95. The molecular formula is C15H24N2O2. The van der Waals surface area contributed by atoms with E-state index in [0.717, 1.165) is 24.1 Å². The molecule has 2 unspecified atom stereocenters. The van der Waals surface area contributed by atoms with Crippen molar-refractivity contribution >= 4 is 17.3 Å². The molecule has 4 heteroatoms. The van der Waals surface area contributed by atoms with Gasteiger partial charge in [-0.3, -0.25) is 0 Å². The summed E-state index contributed by atoms with van der Waals surface area (Å²) in [4.78, 5) is 11.1. The number of benzene rings is 1. The van der Waals surface area contributed by atoms with E-state index in [1.54, 1.807) is 6.07 Å². The summed E-state index contributed by atoms with van der Waals surface area (Å²) in [5.41, 5.74) is 7.89. The van der Waals surface area contributed by atoms with Crippen LogP contribution < -0.4 is 11.1 Å². The molecule has 2 atom stereocenters. The Hall–Kier alpha value is -1.71. The molecule has 0 heterocycles. The summed E-state index contributed by atoms with van der Waals surface area (Å²) in [6.45, 7) is 8.33. The van der Waals surface area contributed by atoms with Gasteiger partial charge in [-0.05, 0) is 43.9 Å². The first-order valence-corrected chi connectivity index (χ1v) is 6.75. The second kappa shape index (κ2) is 6.45. The highest BCUT2D eigenvalue weighted by Crippen LogP contribution is 2.24. The van der Waals surface area contributed by atoms with Crippen LogP contribution in [0.3, 0.4) is 0 Å². The molecule has 0 bridgehead atoms. The van der Waals surface area contributed by atoms with Crippen LogP contribution in [0.2, 0.25) is 0 Å². The molecule has 0 amide bonds. The highest BCUT2D eigenvalue weighted by Gasteiger charge is 2.13. The first-order chi connectivity index (χ1) is 8.85. The van der Waals surface area contributed by atoms with Gasteiger partial charge < -0.3 is 16.2 Å². The first-order valence-electron chi connectivity index (χ1n) is 6.75. The van der Waals surface area contributed by atoms with Crippen LogP contribution in [0, 0.1) is 12.8 Å². The minimum Gasteiger partial charge on any atom is -0.478 e. The van der Waals surface area contributed by atoms with Crippen molar-refractivity contribution in [1.82, 2.24) is 0 Å². The topological polar surface area (TPSA) is 75.3 Å². The third-order valence-corrected chi connectivity index (χ3v) is 3.48. The maximum Gasteiger partial charge on any atom is 0.337 e. The van der Waals surface area contributed by atoms with Crippen molar-refractivity contribution in [2.75, 3.05) is 11.1 Å². The number of hydrogen-bond donors (Lipinski definition) is 3. The highest BCUT2D eigenvalue weighted by atomic mass is 16.4. The van der Waals surface area contributed by atoms with Crippen molar-refractivity contribution in [2.45, 2.75) is 46.6 Å². The zero-order chi connectivity index (χ0) is 14.6. The fourth-order valence-electron chi connectivity index (χ4n) is 2.17. The van der Waals surface area contributed by atoms with Gasteiger partial charge in [0.1, 0.15) is 0 Å². The van der Waals surface area contributed by atoms with Gasteiger partial charge in [0.15, 0.2) is 0 Å². The van der Waals surface area contributed by atoms with Gasteiger partial charge in [-0.15, -0.1) is 0 Å². The molecule has 0 fully saturated rings. The third-order valence-electron chi connectivity index (χ3n) is 3.48. The van der Waals surface area contributed by atoms with E-state index in [1.165, 1.54) is 0 Å². The number of nitrogens with two attached hydrogens (primary N) is 1. The van der Waals surface area contributed by atoms with Crippen LogP contribution in [0.4, 0.5) is 11.4 Å². The minimum absolute atomic E-state index is 0.165. The number of carboxylic acids is 1. The molecule has 4 N–H and O–H groups in total. The average Bonchev–Trinajstić information content (AvgIpc) is 2.32. The van der Waals surface area contributed by atoms with E-state index in [1.807, 2.05) is 13.0 Å². The molecule has 0 aliphatic heterocycles. The van der Waals surface area contributed by atoms with Gasteiger partial charge in [-0.2, -0.15) is 0 Å². The molecule has 0 radical (unpaired) electrons. The summed E-state index contributed by atoms with van der Waals surface area (Å²) in [5, 5.41) is 12.5. The second-order valence-corrected chi connectivity index (χ2v) is 5.35. The Labute approximate surface area is 115 Å². The number of aromatic carboxylic acids is 1. The SMILES string of the molecule is CCC(C)CC(C)Nc1cc(C)c(N)c(C(=O)O)c1. The van der Waals surface area contributed by atoms with Gasteiger partial charge in [0.25, 0.3) is 0 Å². The number of aryl methyl sites for hydroxylation is 1. The fraction of sp³-hybridized carbons (Fsp3) is 0.533. The lowest BCUT2D eigenvalue weighted by Gasteiger charge is -2.20. The van der Waals surface area contributed by atoms with Crippen LogP contribution in [0.1, 0.15) is 49.5 Å². The van der Waals surface area contributed by atoms with Crippen LogP contribution in [0.5, 0.6) is 0 Å². The summed E-state index contributed by atoms with van der Waals surface area (Å²) in [6, 6.07) is 3.81. The van der Waals surface area contributed by atoms with Gasteiger partial charge in [0, 0.05) is 17.4 Å². The molecular weight excluding hydrogens is 240 g/mol. The average molecular weight is 264 g/mol. The largest absolute Gasteiger partial charge is 0.478 e. The Morgan fingerprint density at radius 3 is 2.58 bits per heavy atom. The lowest BCUT2D eigenvalue weighted by atomic mass is 9.99. The molecule has 19 heavy (non-hydrogen) atoms. The van der Waals surface area contributed by atoms with Crippen LogP contribution >= 0.6 is 0 Å². The molecule has 0 saturated heterocycles. The second-order valence-electron chi connectivity index (χ2n) is 5.35. The molecule has 106 valence electrons. The number of carboxylic acid groups (broad SMARTS) is 1. The lowest BCUT2D eigenvalue weighted by molar-refractivity contribution is 0.0698. The van der Waals surface area contributed by atoms with Crippen molar-refractivity contribution in [1.29, 1.82) is 0 Å². The molecule has 1 rings (SSSR count). The van der Waals surface area contributed by atoms with Crippen LogP contribution in [0.15, 0.2) is 12.1 Å². The van der Waals surface area contributed by atoms with Gasteiger partial charge in [-0.25, -0.2) is 4.79 Å². The van der Waals surface area contributed by atoms with Gasteiger partial charge in [-0.1, -0.05) is 20.3 Å². The molecule has 0 aliphatic rings. The number of nitrogens with one attached hydrogen (secondary N) is 1. The maximum absolute atomic E-state index is 11.1. The van der Waals surface area contributed by atoms with Gasteiger partial charge in [0.05, 0.1) is 5.56 Å². The van der Waals surface area contributed by atoms with Crippen LogP contribution in [-0.2, 0) is 0 Å². The van der Waals surface area contributed by atoms with Crippen molar-refractivity contribution in [3.63, 3.8) is 0 Å². The van der Waals surface area contributed by atoms with E-state index < -0.39 is 5.97 Å². The number of nitrogen functional groups attached to an aromatic ring is 1. The zero-order valence-corrected chi connectivity index (χ0v) is 12.2. The maximum atomic E-state index is 11.1. The lowest BCUT2D eigenvalue weighted by Crippen LogP contribution is -2.19. The first kappa shape index (κ1) is 15.3. The van der Waals surface area contributed by atoms with Crippen molar-refractivity contribution < 1.29 is 9.90 Å². The standard InChI is InChI=1S/C15H24N2O2/c1-5-9(2)6-11(4)17-12-7-10(3)14(16)13(8-12)15(18)19/h7-9,11,17H,5-6,16H2,1-4H3,(H,18,19). The molecule has 4 nitrogen and oxygen atoms in total. The van der Waals surface area contributed by atoms with Gasteiger partial charge >= 0.3 is 5.97 Å². The molecule has 0 aliphatic carbocycles. The van der Waals surface area contributed by atoms with Crippen molar-refractivity contribution in [3.05, 3.63) is 23.3 Å². The predicted octanol–water partition coefficient (Wildman–Crippen LogP) is 3.51. The molecule has 1 aromatic rings. The monoisotopic (exact) mass is 264 g/mol. The van der Waals surface area contributed by atoms with Crippen molar-refractivity contribution in [3.8, 4) is 0 Å². The summed E-state index contributed by atoms with van der Waals surface area (Å²) in [6.07, 6.45) is 2.20. The Morgan fingerprint density at radius 2 is 2.05 bits per heavy atom. The number of anilines is 2. The molecule has 0 aromatic heterocycles. The predicted molar refractivity (Wildman–Crippen MR) is 79.7 cm³/mol. The molecule has 1 aromatic carbocycles. The zero-order valence-electron chi connectivity index (χ0n) is 12.2. The van der Waals surface area contributed by atoms with E-state index in [9.17, 15) is 4.79 Å². The summed E-state index contributed by atoms with van der Waals surface area (Å²) in [7, 11) is 0.